The van der Waals surface area contributed by atoms with Crippen molar-refractivity contribution in [3.63, 3.8) is 0 Å². The van der Waals surface area contributed by atoms with Crippen LogP contribution < -0.4 is 5.32 Å². The Balaban J connectivity index is 1.70. The summed E-state index contributed by atoms with van der Waals surface area (Å²) in [5.41, 5.74) is 0.890. The predicted molar refractivity (Wildman–Crippen MR) is 78.8 cm³/mol. The van der Waals surface area contributed by atoms with Crippen molar-refractivity contribution in [2.45, 2.75) is 31.3 Å². The molecule has 0 radical (unpaired) electrons. The highest BCUT2D eigenvalue weighted by molar-refractivity contribution is 5.93. The van der Waals surface area contributed by atoms with Crippen molar-refractivity contribution in [3.8, 4) is 0 Å². The highest BCUT2D eigenvalue weighted by Gasteiger charge is 2.38. The van der Waals surface area contributed by atoms with Crippen LogP contribution >= 0.6 is 0 Å². The van der Waals surface area contributed by atoms with Crippen LogP contribution in [-0.2, 0) is 0 Å². The second-order valence-corrected chi connectivity index (χ2v) is 5.83. The molecule has 21 heavy (non-hydrogen) atoms. The highest BCUT2D eigenvalue weighted by atomic mass is 16.4. The van der Waals surface area contributed by atoms with E-state index in [2.05, 4.69) is 15.2 Å². The molecule has 2 aliphatic heterocycles. The van der Waals surface area contributed by atoms with E-state index in [9.17, 15) is 9.90 Å². The van der Waals surface area contributed by atoms with Gasteiger partial charge in [0.25, 0.3) is 0 Å². The first-order valence-electron chi connectivity index (χ1n) is 7.45. The lowest BCUT2D eigenvalue weighted by molar-refractivity contribution is 0.0690. The van der Waals surface area contributed by atoms with Crippen LogP contribution in [0.5, 0.6) is 0 Å². The lowest BCUT2D eigenvalue weighted by atomic mass is 10.1. The number of aromatic carboxylic acids is 1. The molecule has 2 N–H and O–H groups in total. The zero-order valence-electron chi connectivity index (χ0n) is 11.7. The summed E-state index contributed by atoms with van der Waals surface area (Å²) in [7, 11) is 0. The third kappa shape index (κ3) is 1.98. The van der Waals surface area contributed by atoms with Crippen molar-refractivity contribution >= 4 is 17.4 Å². The molecule has 0 saturated carbocycles. The second kappa shape index (κ2) is 4.73. The van der Waals surface area contributed by atoms with Crippen LogP contribution in [-0.4, -0.2) is 50.5 Å². The fraction of sp³-hybridized carbons (Fsp3) is 0.467. The Bertz CT molecular complexity index is 696. The van der Waals surface area contributed by atoms with Crippen LogP contribution in [0.3, 0.4) is 0 Å². The molecule has 6 nitrogen and oxygen atoms in total. The van der Waals surface area contributed by atoms with Crippen molar-refractivity contribution in [1.29, 1.82) is 0 Å². The standard InChI is InChI=1S/C15H18N4O2/c20-15(21)13-14(17-12-5-1-2-8-19(12)13)16-10-6-9-18-7-3-4-11(10)18/h1-2,5,8,10-11,16H,3-4,6-7,9H2,(H,20,21). The molecule has 0 amide bonds. The largest absolute Gasteiger partial charge is 0.476 e. The Labute approximate surface area is 122 Å². The Morgan fingerprint density at radius 2 is 2.24 bits per heavy atom. The van der Waals surface area contributed by atoms with Gasteiger partial charge in [0.15, 0.2) is 11.5 Å². The maximum atomic E-state index is 11.6. The number of carboxylic acids is 1. The van der Waals surface area contributed by atoms with E-state index < -0.39 is 5.97 Å². The number of carboxylic acid groups (broad SMARTS) is 1. The fourth-order valence-corrected chi connectivity index (χ4v) is 3.73. The van der Waals surface area contributed by atoms with E-state index in [4.69, 9.17) is 0 Å². The van der Waals surface area contributed by atoms with Gasteiger partial charge in [-0.05, 0) is 37.9 Å². The van der Waals surface area contributed by atoms with Gasteiger partial charge in [-0.25, -0.2) is 9.78 Å². The van der Waals surface area contributed by atoms with Crippen LogP contribution in [0.4, 0.5) is 5.82 Å². The molecular weight excluding hydrogens is 268 g/mol. The lowest BCUT2D eigenvalue weighted by Gasteiger charge is -2.21. The molecule has 0 bridgehead atoms. The molecule has 0 aliphatic carbocycles. The van der Waals surface area contributed by atoms with Gasteiger partial charge in [0, 0.05) is 24.8 Å². The van der Waals surface area contributed by atoms with Gasteiger partial charge in [-0.3, -0.25) is 9.30 Å². The van der Waals surface area contributed by atoms with Gasteiger partial charge >= 0.3 is 5.97 Å². The summed E-state index contributed by atoms with van der Waals surface area (Å²) in [4.78, 5) is 18.5. The Kier molecular flexibility index (Phi) is 2.85. The van der Waals surface area contributed by atoms with Gasteiger partial charge in [0.2, 0.25) is 0 Å². The summed E-state index contributed by atoms with van der Waals surface area (Å²) in [6.45, 7) is 2.26. The van der Waals surface area contributed by atoms with E-state index in [-0.39, 0.29) is 5.69 Å². The topological polar surface area (TPSA) is 69.9 Å². The molecule has 2 saturated heterocycles. The van der Waals surface area contributed by atoms with E-state index in [1.807, 2.05) is 18.2 Å². The van der Waals surface area contributed by atoms with Crippen LogP contribution in [0.1, 0.15) is 29.8 Å². The summed E-state index contributed by atoms with van der Waals surface area (Å²) >= 11 is 0. The summed E-state index contributed by atoms with van der Waals surface area (Å²) < 4.78 is 1.63. The van der Waals surface area contributed by atoms with Crippen molar-refractivity contribution in [2.75, 3.05) is 18.4 Å². The molecule has 4 rings (SSSR count). The van der Waals surface area contributed by atoms with Crippen molar-refractivity contribution < 1.29 is 9.90 Å². The first kappa shape index (κ1) is 12.6. The van der Waals surface area contributed by atoms with E-state index >= 15 is 0 Å². The first-order valence-corrected chi connectivity index (χ1v) is 7.45. The van der Waals surface area contributed by atoms with Crippen molar-refractivity contribution in [1.82, 2.24) is 14.3 Å². The number of pyridine rings is 1. The third-order valence-electron chi connectivity index (χ3n) is 4.66. The van der Waals surface area contributed by atoms with Crippen molar-refractivity contribution in [2.24, 2.45) is 0 Å². The minimum absolute atomic E-state index is 0.224. The predicted octanol–water partition coefficient (Wildman–Crippen LogP) is 1.68. The molecule has 2 atom stereocenters. The molecule has 2 fully saturated rings. The fourth-order valence-electron chi connectivity index (χ4n) is 3.73. The quantitative estimate of drug-likeness (QED) is 0.898. The number of rotatable bonds is 3. The maximum Gasteiger partial charge on any atom is 0.356 e. The van der Waals surface area contributed by atoms with Gasteiger partial charge < -0.3 is 10.4 Å². The number of hydrogen-bond acceptors (Lipinski definition) is 4. The van der Waals surface area contributed by atoms with E-state index in [0.29, 0.717) is 23.5 Å². The van der Waals surface area contributed by atoms with E-state index in [1.54, 1.807) is 10.6 Å². The number of anilines is 1. The molecule has 110 valence electrons. The smallest absolute Gasteiger partial charge is 0.356 e. The molecule has 0 spiro atoms. The number of nitrogens with zero attached hydrogens (tertiary/aromatic N) is 3. The second-order valence-electron chi connectivity index (χ2n) is 5.83. The Hall–Kier alpha value is -2.08. The molecule has 2 aliphatic rings. The minimum atomic E-state index is -0.947. The van der Waals surface area contributed by atoms with Gasteiger partial charge in [0.05, 0.1) is 0 Å². The number of hydrogen-bond donors (Lipinski definition) is 2. The lowest BCUT2D eigenvalue weighted by Crippen LogP contribution is -2.34. The molecular formula is C15H18N4O2. The highest BCUT2D eigenvalue weighted by Crippen LogP contribution is 2.31. The average Bonchev–Trinajstić information content (AvgIpc) is 3.13. The van der Waals surface area contributed by atoms with E-state index in [0.717, 1.165) is 13.0 Å². The Morgan fingerprint density at radius 3 is 3.10 bits per heavy atom. The molecule has 6 heteroatoms. The number of aromatic nitrogens is 2. The molecule has 4 heterocycles. The summed E-state index contributed by atoms with van der Waals surface area (Å²) in [6, 6.07) is 6.34. The van der Waals surface area contributed by atoms with E-state index in [1.165, 1.54) is 19.4 Å². The number of nitrogens with one attached hydrogen (secondary N) is 1. The number of fused-ring (bicyclic) bond motifs is 2. The Morgan fingerprint density at radius 1 is 1.33 bits per heavy atom. The minimum Gasteiger partial charge on any atom is -0.476 e. The third-order valence-corrected chi connectivity index (χ3v) is 4.66. The molecule has 2 aromatic heterocycles. The van der Waals surface area contributed by atoms with Crippen LogP contribution in [0, 0.1) is 0 Å². The van der Waals surface area contributed by atoms with Gasteiger partial charge in [0.1, 0.15) is 5.65 Å². The average molecular weight is 286 g/mol. The molecule has 2 aromatic rings. The monoisotopic (exact) mass is 286 g/mol. The zero-order chi connectivity index (χ0) is 14.4. The number of imidazole rings is 1. The van der Waals surface area contributed by atoms with Gasteiger partial charge in [-0.1, -0.05) is 6.07 Å². The number of carbonyl (C=O) groups is 1. The summed E-state index contributed by atoms with van der Waals surface area (Å²) in [5.74, 6) is -0.454. The first-order chi connectivity index (χ1) is 10.2. The molecule has 0 aromatic carbocycles. The van der Waals surface area contributed by atoms with Crippen LogP contribution in [0.25, 0.3) is 5.65 Å². The van der Waals surface area contributed by atoms with Crippen molar-refractivity contribution in [3.05, 3.63) is 30.1 Å². The maximum absolute atomic E-state index is 11.6. The van der Waals surface area contributed by atoms with Gasteiger partial charge in [-0.15, -0.1) is 0 Å². The SMILES string of the molecule is O=C(O)c1c(NC2CCN3CCCC23)nc2ccccn12. The van der Waals surface area contributed by atoms with Crippen LogP contribution in [0.2, 0.25) is 0 Å². The summed E-state index contributed by atoms with van der Waals surface area (Å²) in [5, 5.41) is 12.9. The zero-order valence-corrected chi connectivity index (χ0v) is 11.7. The summed E-state index contributed by atoms with van der Waals surface area (Å²) in [6.07, 6.45) is 5.22. The normalized spacial score (nSPS) is 25.3. The van der Waals surface area contributed by atoms with Gasteiger partial charge in [-0.2, -0.15) is 0 Å². The van der Waals surface area contributed by atoms with Crippen LogP contribution in [0.15, 0.2) is 24.4 Å². The molecule has 2 unspecified atom stereocenters.